The van der Waals surface area contributed by atoms with Crippen LogP contribution in [0.1, 0.15) is 0 Å². The van der Waals surface area contributed by atoms with Crippen molar-refractivity contribution in [1.29, 1.82) is 0 Å². The topological polar surface area (TPSA) is 52.4 Å². The molecule has 0 unspecified atom stereocenters. The van der Waals surface area contributed by atoms with Crippen LogP contribution in [0.4, 0.5) is 10.1 Å². The molecule has 0 heterocycles. The number of benzene rings is 1. The highest BCUT2D eigenvalue weighted by Gasteiger charge is 2.10. The van der Waals surface area contributed by atoms with E-state index >= 15 is 0 Å². The second-order valence-corrected chi connectivity index (χ2v) is 2.34. The van der Waals surface area contributed by atoms with Crippen LogP contribution in [0.5, 0.6) is 5.75 Å². The Labute approximate surface area is 78.0 Å². The molecule has 1 aromatic rings. The fourth-order valence-corrected chi connectivity index (χ4v) is 0.897. The molecule has 0 aliphatic carbocycles. The molecular formula is C7H5ClFNO3. The van der Waals surface area contributed by atoms with Gasteiger partial charge in [-0.15, -0.1) is 0 Å². The Kier molecular flexibility index (Phi) is 3.02. The van der Waals surface area contributed by atoms with Gasteiger partial charge in [0, 0.05) is 6.07 Å². The normalized spacial score (nSPS) is 9.69. The number of rotatable bonds is 3. The molecule has 70 valence electrons. The first-order valence-electron chi connectivity index (χ1n) is 3.28. The summed E-state index contributed by atoms with van der Waals surface area (Å²) >= 11 is 5.19. The number of ether oxygens (including phenoxy) is 1. The smallest absolute Gasteiger partial charge is 0.272 e. The highest BCUT2D eigenvalue weighted by molar-refractivity contribution is 6.17. The minimum atomic E-state index is -0.796. The molecule has 0 aromatic heterocycles. The Bertz CT molecular complexity index is 332. The van der Waals surface area contributed by atoms with Crippen molar-refractivity contribution >= 4 is 17.3 Å². The molecule has 0 spiro atoms. The Morgan fingerprint density at radius 1 is 1.62 bits per heavy atom. The molecule has 13 heavy (non-hydrogen) atoms. The van der Waals surface area contributed by atoms with Crippen molar-refractivity contribution in [2.45, 2.75) is 0 Å². The van der Waals surface area contributed by atoms with Gasteiger partial charge < -0.3 is 4.74 Å². The summed E-state index contributed by atoms with van der Waals surface area (Å²) in [6, 6.07) is 2.89. The van der Waals surface area contributed by atoms with Crippen LogP contribution in [0.25, 0.3) is 0 Å². The van der Waals surface area contributed by atoms with Crippen LogP contribution in [-0.2, 0) is 0 Å². The zero-order valence-electron chi connectivity index (χ0n) is 6.37. The Hall–Kier alpha value is -1.36. The first kappa shape index (κ1) is 9.73. The minimum absolute atomic E-state index is 0.0967. The van der Waals surface area contributed by atoms with Crippen LogP contribution >= 0.6 is 11.6 Å². The van der Waals surface area contributed by atoms with E-state index < -0.39 is 10.7 Å². The Morgan fingerprint density at radius 2 is 2.31 bits per heavy atom. The van der Waals surface area contributed by atoms with E-state index in [1.165, 1.54) is 0 Å². The second kappa shape index (κ2) is 4.04. The maximum Gasteiger partial charge on any atom is 0.272 e. The van der Waals surface area contributed by atoms with E-state index in [-0.39, 0.29) is 17.5 Å². The van der Waals surface area contributed by atoms with Crippen LogP contribution in [0.15, 0.2) is 18.2 Å². The van der Waals surface area contributed by atoms with E-state index in [0.717, 1.165) is 18.2 Å². The number of hydrogen-bond acceptors (Lipinski definition) is 3. The van der Waals surface area contributed by atoms with Gasteiger partial charge in [0.2, 0.25) is 0 Å². The average molecular weight is 206 g/mol. The van der Waals surface area contributed by atoms with E-state index in [4.69, 9.17) is 11.6 Å². The van der Waals surface area contributed by atoms with Gasteiger partial charge in [0.05, 0.1) is 11.0 Å². The van der Waals surface area contributed by atoms with Crippen molar-refractivity contribution in [3.8, 4) is 5.75 Å². The highest BCUT2D eigenvalue weighted by atomic mass is 35.5. The van der Waals surface area contributed by atoms with Gasteiger partial charge in [0.25, 0.3) is 5.69 Å². The largest absolute Gasteiger partial charge is 0.475 e. The molecule has 0 saturated carbocycles. The molecule has 0 bridgehead atoms. The quantitative estimate of drug-likeness (QED) is 0.432. The second-order valence-electron chi connectivity index (χ2n) is 2.13. The molecular weight excluding hydrogens is 201 g/mol. The van der Waals surface area contributed by atoms with E-state index in [1.807, 2.05) is 0 Å². The third kappa shape index (κ3) is 2.29. The van der Waals surface area contributed by atoms with E-state index in [2.05, 4.69) is 4.74 Å². The van der Waals surface area contributed by atoms with Gasteiger partial charge in [-0.05, 0) is 6.07 Å². The SMILES string of the molecule is O=[N+]([O-])c1ccc(OCCl)c(F)c1. The van der Waals surface area contributed by atoms with E-state index in [1.54, 1.807) is 0 Å². The van der Waals surface area contributed by atoms with Crippen LogP contribution in [0, 0.1) is 15.9 Å². The van der Waals surface area contributed by atoms with Crippen molar-refractivity contribution in [3.05, 3.63) is 34.1 Å². The van der Waals surface area contributed by atoms with Crippen LogP contribution in [0.3, 0.4) is 0 Å². The summed E-state index contributed by atoms with van der Waals surface area (Å²) in [7, 11) is 0. The van der Waals surface area contributed by atoms with Crippen LogP contribution in [-0.4, -0.2) is 11.0 Å². The molecule has 0 fully saturated rings. The molecule has 0 N–H and O–H groups in total. The summed E-state index contributed by atoms with van der Waals surface area (Å²) in [5.41, 5.74) is -0.320. The molecule has 6 heteroatoms. The van der Waals surface area contributed by atoms with Gasteiger partial charge in [-0.3, -0.25) is 10.1 Å². The molecule has 1 aromatic carbocycles. The van der Waals surface area contributed by atoms with Gasteiger partial charge in [-0.25, -0.2) is 4.39 Å². The maximum absolute atomic E-state index is 12.9. The van der Waals surface area contributed by atoms with Crippen molar-refractivity contribution in [2.75, 3.05) is 6.07 Å². The first-order chi connectivity index (χ1) is 6.15. The third-order valence-electron chi connectivity index (χ3n) is 1.34. The lowest BCUT2D eigenvalue weighted by Gasteiger charge is -2.01. The summed E-state index contributed by atoms with van der Waals surface area (Å²) in [6.07, 6.45) is 0. The monoisotopic (exact) mass is 205 g/mol. The van der Waals surface area contributed by atoms with Gasteiger partial charge in [-0.1, -0.05) is 11.6 Å². The Morgan fingerprint density at radius 3 is 2.77 bits per heavy atom. The maximum atomic E-state index is 12.9. The Balaban J connectivity index is 2.98. The highest BCUT2D eigenvalue weighted by Crippen LogP contribution is 2.22. The molecule has 1 rings (SSSR count). The zero-order chi connectivity index (χ0) is 9.84. The number of nitro benzene ring substituents is 1. The van der Waals surface area contributed by atoms with Gasteiger partial charge in [0.1, 0.15) is 0 Å². The summed E-state index contributed by atoms with van der Waals surface area (Å²) in [5.74, 6) is -0.893. The molecule has 0 radical (unpaired) electrons. The van der Waals surface area contributed by atoms with Crippen LogP contribution in [0.2, 0.25) is 0 Å². The van der Waals surface area contributed by atoms with Gasteiger partial charge >= 0.3 is 0 Å². The lowest BCUT2D eigenvalue weighted by molar-refractivity contribution is -0.385. The summed E-state index contributed by atoms with van der Waals surface area (Å²) in [4.78, 5) is 9.51. The standard InChI is InChI=1S/C7H5ClFNO3/c8-4-13-7-2-1-5(10(11)12)3-6(7)9/h1-3H,4H2. The third-order valence-corrected chi connectivity index (χ3v) is 1.45. The van der Waals surface area contributed by atoms with E-state index in [9.17, 15) is 14.5 Å². The number of nitro groups is 1. The molecule has 4 nitrogen and oxygen atoms in total. The van der Waals surface area contributed by atoms with Crippen LogP contribution < -0.4 is 4.74 Å². The average Bonchev–Trinajstić information content (AvgIpc) is 2.08. The lowest BCUT2D eigenvalue weighted by atomic mass is 10.3. The molecule has 0 saturated heterocycles. The lowest BCUT2D eigenvalue weighted by Crippen LogP contribution is -1.94. The molecule has 0 aliphatic rings. The summed E-state index contributed by atoms with van der Waals surface area (Å²) < 4.78 is 17.5. The summed E-state index contributed by atoms with van der Waals surface area (Å²) in [6.45, 7) is 0. The van der Waals surface area contributed by atoms with Crippen molar-refractivity contribution in [2.24, 2.45) is 0 Å². The minimum Gasteiger partial charge on any atom is -0.475 e. The molecule has 0 amide bonds. The fraction of sp³-hybridized carbons (Fsp3) is 0.143. The molecule has 0 atom stereocenters. The molecule has 0 aliphatic heterocycles. The van der Waals surface area contributed by atoms with Crippen molar-refractivity contribution in [3.63, 3.8) is 0 Å². The van der Waals surface area contributed by atoms with Crippen molar-refractivity contribution < 1.29 is 14.1 Å². The summed E-state index contributed by atoms with van der Waals surface area (Å²) in [5, 5.41) is 10.2. The predicted molar refractivity (Wildman–Crippen MR) is 44.4 cm³/mol. The predicted octanol–water partition coefficient (Wildman–Crippen LogP) is 2.31. The van der Waals surface area contributed by atoms with E-state index in [0.29, 0.717) is 0 Å². The fourth-order valence-electron chi connectivity index (χ4n) is 0.779. The first-order valence-corrected chi connectivity index (χ1v) is 3.81. The number of halogens is 2. The number of alkyl halides is 1. The number of hydrogen-bond donors (Lipinski definition) is 0. The van der Waals surface area contributed by atoms with Gasteiger partial charge in [0.15, 0.2) is 17.6 Å². The van der Waals surface area contributed by atoms with Gasteiger partial charge in [-0.2, -0.15) is 0 Å². The number of non-ortho nitro benzene ring substituents is 1. The van der Waals surface area contributed by atoms with Crippen molar-refractivity contribution in [1.82, 2.24) is 0 Å². The zero-order valence-corrected chi connectivity index (χ0v) is 7.12. The number of nitrogens with zero attached hydrogens (tertiary/aromatic N) is 1.